The van der Waals surface area contributed by atoms with E-state index >= 15 is 0 Å². The standard InChI is InChI=1S/C25H28N4O12/c30-13-1-2-25(40,24(39)27-13)29-9-11-14(23(29)38)20(35)22(37)21(36)15(11)26-7-10-16(31)18(33)12(19(34)17(10)32)8-28-3-5-41-6-4-28/h26,31-37,40H,1-9H2,(H,27,30,39). The topological polar surface area (TPSA) is 253 Å². The molecule has 1 atom stereocenters. The molecule has 2 aromatic carbocycles. The minimum absolute atomic E-state index is 0.00395. The van der Waals surface area contributed by atoms with Crippen molar-refractivity contribution in [2.45, 2.75) is 38.2 Å². The maximum Gasteiger partial charge on any atom is 0.279 e. The van der Waals surface area contributed by atoms with Crippen molar-refractivity contribution in [3.8, 4) is 40.2 Å². The van der Waals surface area contributed by atoms with Gasteiger partial charge in [0.05, 0.1) is 42.1 Å². The van der Waals surface area contributed by atoms with Gasteiger partial charge in [-0.05, 0) is 0 Å². The first kappa shape index (κ1) is 27.9. The van der Waals surface area contributed by atoms with Gasteiger partial charge in [0.15, 0.2) is 34.5 Å². The Hall–Kier alpha value is -4.67. The number of benzene rings is 2. The van der Waals surface area contributed by atoms with Crippen LogP contribution in [0.3, 0.4) is 0 Å². The molecule has 41 heavy (non-hydrogen) atoms. The summed E-state index contributed by atoms with van der Waals surface area (Å²) in [7, 11) is 0. The van der Waals surface area contributed by atoms with Crippen molar-refractivity contribution in [1.29, 1.82) is 0 Å². The van der Waals surface area contributed by atoms with Gasteiger partial charge in [-0.25, -0.2) is 0 Å². The highest BCUT2D eigenvalue weighted by Crippen LogP contribution is 2.52. The number of morpholine rings is 1. The number of hydrogen-bond acceptors (Lipinski definition) is 14. The van der Waals surface area contributed by atoms with Crippen LogP contribution in [0.2, 0.25) is 0 Å². The average Bonchev–Trinajstić information content (AvgIpc) is 3.30. The number of hydrogen-bond donors (Lipinski definition) is 10. The summed E-state index contributed by atoms with van der Waals surface area (Å²) in [6, 6.07) is 0. The molecule has 3 aliphatic heterocycles. The van der Waals surface area contributed by atoms with Crippen LogP contribution in [0.5, 0.6) is 40.2 Å². The smallest absolute Gasteiger partial charge is 0.279 e. The molecule has 3 aliphatic rings. The Labute approximate surface area is 231 Å². The molecule has 3 heterocycles. The summed E-state index contributed by atoms with van der Waals surface area (Å²) < 4.78 is 5.26. The Balaban J connectivity index is 1.47. The Morgan fingerprint density at radius 1 is 0.829 bits per heavy atom. The van der Waals surface area contributed by atoms with Crippen LogP contribution >= 0.6 is 0 Å². The van der Waals surface area contributed by atoms with Gasteiger partial charge in [0.2, 0.25) is 17.4 Å². The minimum atomic E-state index is -2.48. The summed E-state index contributed by atoms with van der Waals surface area (Å²) in [5, 5.41) is 89.4. The number of nitrogens with one attached hydrogen (secondary N) is 2. The molecule has 0 aromatic heterocycles. The second kappa shape index (κ2) is 10.1. The van der Waals surface area contributed by atoms with Gasteiger partial charge >= 0.3 is 0 Å². The number of anilines is 1. The van der Waals surface area contributed by atoms with Gasteiger partial charge in [0.25, 0.3) is 11.8 Å². The molecule has 2 aromatic rings. The lowest BCUT2D eigenvalue weighted by Gasteiger charge is -2.37. The van der Waals surface area contributed by atoms with E-state index in [0.717, 1.165) is 0 Å². The summed E-state index contributed by atoms with van der Waals surface area (Å²) in [5.74, 6) is -8.98. The maximum atomic E-state index is 13.2. The number of aromatic hydroxyl groups is 7. The fourth-order valence-electron chi connectivity index (χ4n) is 5.22. The lowest BCUT2D eigenvalue weighted by atomic mass is 10.00. The van der Waals surface area contributed by atoms with Gasteiger partial charge in [-0.2, -0.15) is 0 Å². The summed E-state index contributed by atoms with van der Waals surface area (Å²) in [6.07, 6.45) is -0.737. The number of imide groups is 1. The number of phenolic OH excluding ortho intramolecular Hbond substituents is 7. The number of nitrogens with zero attached hydrogens (tertiary/aromatic N) is 2. The number of amides is 3. The molecule has 0 spiro atoms. The highest BCUT2D eigenvalue weighted by Gasteiger charge is 2.52. The van der Waals surface area contributed by atoms with Gasteiger partial charge < -0.3 is 50.9 Å². The molecule has 3 amide bonds. The molecule has 16 heteroatoms. The maximum absolute atomic E-state index is 13.2. The minimum Gasteiger partial charge on any atom is -0.504 e. The van der Waals surface area contributed by atoms with Gasteiger partial charge in [0, 0.05) is 44.6 Å². The quantitative estimate of drug-likeness (QED) is 0.114. The van der Waals surface area contributed by atoms with Crippen LogP contribution < -0.4 is 10.6 Å². The van der Waals surface area contributed by atoms with E-state index in [-0.39, 0.29) is 29.8 Å². The number of aliphatic hydroxyl groups is 1. The van der Waals surface area contributed by atoms with E-state index in [9.17, 15) is 55.2 Å². The molecule has 10 N–H and O–H groups in total. The monoisotopic (exact) mass is 576 g/mol. The van der Waals surface area contributed by atoms with Gasteiger partial charge in [-0.3, -0.25) is 29.5 Å². The third-order valence-corrected chi connectivity index (χ3v) is 7.58. The van der Waals surface area contributed by atoms with Crippen LogP contribution in [0.25, 0.3) is 0 Å². The number of carbonyl (C=O) groups is 3. The predicted molar refractivity (Wildman–Crippen MR) is 135 cm³/mol. The molecule has 0 aliphatic carbocycles. The van der Waals surface area contributed by atoms with Crippen molar-refractivity contribution in [1.82, 2.24) is 15.1 Å². The predicted octanol–water partition coefficient (Wildman–Crippen LogP) is -0.849. The van der Waals surface area contributed by atoms with Crippen molar-refractivity contribution in [3.63, 3.8) is 0 Å². The fraction of sp³-hybridized carbons (Fsp3) is 0.400. The summed E-state index contributed by atoms with van der Waals surface area (Å²) in [6.45, 7) is 0.666. The lowest BCUT2D eigenvalue weighted by Crippen LogP contribution is -2.63. The SMILES string of the molecule is O=C1CCC(O)(N2Cc3c(NCc4c(O)c(O)c(CN5CCOCC5)c(O)c4O)c(O)c(O)c(O)c3C2=O)C(=O)N1. The van der Waals surface area contributed by atoms with Gasteiger partial charge in [-0.1, -0.05) is 0 Å². The highest BCUT2D eigenvalue weighted by molar-refractivity contribution is 6.09. The van der Waals surface area contributed by atoms with Crippen molar-refractivity contribution in [2.75, 3.05) is 31.6 Å². The van der Waals surface area contributed by atoms with E-state index in [1.54, 1.807) is 0 Å². The van der Waals surface area contributed by atoms with E-state index < -0.39 is 94.3 Å². The third kappa shape index (κ3) is 4.41. The second-order valence-electron chi connectivity index (χ2n) is 9.95. The molecule has 5 rings (SSSR count). The van der Waals surface area contributed by atoms with E-state index in [1.165, 1.54) is 0 Å². The molecule has 0 saturated carbocycles. The second-order valence-corrected chi connectivity index (χ2v) is 9.95. The van der Waals surface area contributed by atoms with Crippen LogP contribution in [0.1, 0.15) is 39.9 Å². The number of ether oxygens (including phenoxy) is 1. The van der Waals surface area contributed by atoms with Crippen molar-refractivity contribution < 1.29 is 60.0 Å². The molecule has 2 fully saturated rings. The normalized spacial score (nSPS) is 21.2. The van der Waals surface area contributed by atoms with Crippen LogP contribution in [0, 0.1) is 0 Å². The molecule has 2 saturated heterocycles. The first-order valence-electron chi connectivity index (χ1n) is 12.6. The van der Waals surface area contributed by atoms with E-state index in [0.29, 0.717) is 31.2 Å². The van der Waals surface area contributed by atoms with E-state index in [1.807, 2.05) is 10.2 Å². The molecule has 16 nitrogen and oxygen atoms in total. The molecule has 0 bridgehead atoms. The number of fused-ring (bicyclic) bond motifs is 1. The van der Waals surface area contributed by atoms with Crippen LogP contribution in [0.4, 0.5) is 5.69 Å². The number of carbonyl (C=O) groups excluding carboxylic acids is 3. The fourth-order valence-corrected chi connectivity index (χ4v) is 5.22. The van der Waals surface area contributed by atoms with Crippen LogP contribution in [0.15, 0.2) is 0 Å². The average molecular weight is 577 g/mol. The van der Waals surface area contributed by atoms with E-state index in [2.05, 4.69) is 5.32 Å². The van der Waals surface area contributed by atoms with Crippen molar-refractivity contribution >= 4 is 23.4 Å². The number of piperidine rings is 1. The Morgan fingerprint density at radius 2 is 1.44 bits per heavy atom. The van der Waals surface area contributed by atoms with Crippen LogP contribution in [-0.4, -0.2) is 100 Å². The molecular formula is C25H28N4O12. The van der Waals surface area contributed by atoms with Crippen LogP contribution in [-0.2, 0) is 34.0 Å². The molecule has 220 valence electrons. The zero-order chi connectivity index (χ0) is 29.8. The zero-order valence-corrected chi connectivity index (χ0v) is 21.5. The van der Waals surface area contributed by atoms with Gasteiger partial charge in [-0.15, -0.1) is 0 Å². The Morgan fingerprint density at radius 3 is 2.05 bits per heavy atom. The summed E-state index contributed by atoms with van der Waals surface area (Å²) in [5.41, 5.74) is -4.12. The van der Waals surface area contributed by atoms with Gasteiger partial charge in [0.1, 0.15) is 0 Å². The first-order chi connectivity index (χ1) is 19.4. The lowest BCUT2D eigenvalue weighted by molar-refractivity contribution is -0.167. The highest BCUT2D eigenvalue weighted by atomic mass is 16.5. The molecule has 1 unspecified atom stereocenters. The summed E-state index contributed by atoms with van der Waals surface area (Å²) >= 11 is 0. The largest absolute Gasteiger partial charge is 0.504 e. The molecular weight excluding hydrogens is 548 g/mol. The Kier molecular flexibility index (Phi) is 6.84. The van der Waals surface area contributed by atoms with Crippen molar-refractivity contribution in [3.05, 3.63) is 22.3 Å². The number of rotatable bonds is 6. The number of phenols is 7. The van der Waals surface area contributed by atoms with E-state index in [4.69, 9.17) is 4.74 Å². The molecule has 0 radical (unpaired) electrons. The first-order valence-corrected chi connectivity index (χ1v) is 12.6. The Bertz CT molecular complexity index is 1440. The zero-order valence-electron chi connectivity index (χ0n) is 21.5. The summed E-state index contributed by atoms with van der Waals surface area (Å²) in [4.78, 5) is 39.7. The third-order valence-electron chi connectivity index (χ3n) is 7.58. The van der Waals surface area contributed by atoms with Crippen molar-refractivity contribution in [2.24, 2.45) is 0 Å².